The van der Waals surface area contributed by atoms with Crippen LogP contribution in [0.2, 0.25) is 5.02 Å². The number of halogens is 1. The maximum Gasteiger partial charge on any atom is 0.109 e. The van der Waals surface area contributed by atoms with Gasteiger partial charge >= 0.3 is 0 Å². The Kier molecular flexibility index (Phi) is 6.32. The van der Waals surface area contributed by atoms with Gasteiger partial charge in [0.05, 0.1) is 40.1 Å². The van der Waals surface area contributed by atoms with Crippen LogP contribution in [0.15, 0.2) is 61.2 Å². The standard InChI is InChI=1S/C30H29ClN8/c1-30(2,3)17-35-27-19(13-32)15-34-28-24(27)11-20(12-25(28)31)36-29(26-16-39(38-37-26)21-7-8-21)23-6-4-5-18-14-33-10-9-22(18)23/h4-6,9-12,14-16,21,29,36H,7-8,17H2,1-3H3,(H,34,35)/t29-/m0/s1. The second-order valence-electron chi connectivity index (χ2n) is 11.3. The van der Waals surface area contributed by atoms with Gasteiger partial charge in [-0.2, -0.15) is 5.26 Å². The summed E-state index contributed by atoms with van der Waals surface area (Å²) >= 11 is 6.79. The molecular weight excluding hydrogens is 508 g/mol. The van der Waals surface area contributed by atoms with Gasteiger partial charge in [-0.15, -0.1) is 5.10 Å². The van der Waals surface area contributed by atoms with E-state index in [0.717, 1.165) is 51.6 Å². The fraction of sp³-hybridized carbons (Fsp3) is 0.300. The molecule has 1 saturated carbocycles. The largest absolute Gasteiger partial charge is 0.383 e. The van der Waals surface area contributed by atoms with Gasteiger partial charge in [-0.1, -0.05) is 55.8 Å². The smallest absolute Gasteiger partial charge is 0.109 e. The van der Waals surface area contributed by atoms with E-state index in [1.54, 1.807) is 12.4 Å². The number of fused-ring (bicyclic) bond motifs is 2. The SMILES string of the molecule is CC(C)(C)CNc1c(C#N)cnc2c(Cl)cc(N[C@H](c3cn(C4CC4)nn3)c3cccc4cnccc34)cc12. The molecule has 2 aromatic carbocycles. The summed E-state index contributed by atoms with van der Waals surface area (Å²) in [5, 5.41) is 29.4. The topological polar surface area (TPSA) is 104 Å². The van der Waals surface area contributed by atoms with E-state index in [1.165, 1.54) is 0 Å². The van der Waals surface area contributed by atoms with E-state index in [2.05, 4.69) is 69.9 Å². The number of aromatic nitrogens is 5. The highest BCUT2D eigenvalue weighted by molar-refractivity contribution is 6.35. The summed E-state index contributed by atoms with van der Waals surface area (Å²) in [5.74, 6) is 0. The minimum atomic E-state index is -0.296. The molecule has 3 aromatic heterocycles. The van der Waals surface area contributed by atoms with Crippen LogP contribution < -0.4 is 10.6 Å². The summed E-state index contributed by atoms with van der Waals surface area (Å²) in [7, 11) is 0. The number of nitrogens with one attached hydrogen (secondary N) is 2. The van der Waals surface area contributed by atoms with Gasteiger partial charge in [0.1, 0.15) is 11.8 Å². The fourth-order valence-electron chi connectivity index (χ4n) is 4.79. The third-order valence-corrected chi connectivity index (χ3v) is 7.21. The number of anilines is 2. The summed E-state index contributed by atoms with van der Waals surface area (Å²) in [6.07, 6.45) is 9.53. The Morgan fingerprint density at radius 3 is 2.77 bits per heavy atom. The number of pyridine rings is 2. The van der Waals surface area contributed by atoms with Gasteiger partial charge in [0.15, 0.2) is 0 Å². The van der Waals surface area contributed by atoms with Crippen molar-refractivity contribution in [3.63, 3.8) is 0 Å². The molecule has 39 heavy (non-hydrogen) atoms. The zero-order valence-electron chi connectivity index (χ0n) is 22.1. The lowest BCUT2D eigenvalue weighted by molar-refractivity contribution is 0.443. The maximum absolute atomic E-state index is 9.84. The highest BCUT2D eigenvalue weighted by Gasteiger charge is 2.28. The predicted molar refractivity (Wildman–Crippen MR) is 155 cm³/mol. The molecule has 5 aromatic rings. The molecule has 0 aliphatic heterocycles. The van der Waals surface area contributed by atoms with Crippen LogP contribution in [0.3, 0.4) is 0 Å². The highest BCUT2D eigenvalue weighted by Crippen LogP contribution is 2.38. The summed E-state index contributed by atoms with van der Waals surface area (Å²) in [5.41, 5.74) is 4.54. The zero-order chi connectivity index (χ0) is 27.1. The molecule has 1 aliphatic rings. The molecule has 0 unspecified atom stereocenters. The van der Waals surface area contributed by atoms with E-state index in [1.807, 2.05) is 41.3 Å². The second-order valence-corrected chi connectivity index (χ2v) is 11.7. The zero-order valence-corrected chi connectivity index (χ0v) is 22.9. The van der Waals surface area contributed by atoms with Crippen molar-refractivity contribution < 1.29 is 0 Å². The van der Waals surface area contributed by atoms with Crippen molar-refractivity contribution in [2.45, 2.75) is 45.7 Å². The first kappa shape index (κ1) is 25.1. The van der Waals surface area contributed by atoms with Gasteiger partial charge in [-0.05, 0) is 47.4 Å². The molecule has 1 atom stereocenters. The van der Waals surface area contributed by atoms with Crippen molar-refractivity contribution in [3.8, 4) is 6.07 Å². The van der Waals surface area contributed by atoms with E-state index in [0.29, 0.717) is 28.7 Å². The van der Waals surface area contributed by atoms with E-state index in [9.17, 15) is 5.26 Å². The molecule has 196 valence electrons. The van der Waals surface area contributed by atoms with Crippen molar-refractivity contribution in [3.05, 3.63) is 83.0 Å². The molecule has 0 saturated heterocycles. The molecule has 9 heteroatoms. The lowest BCUT2D eigenvalue weighted by atomic mass is 9.96. The molecule has 0 spiro atoms. The van der Waals surface area contributed by atoms with Crippen molar-refractivity contribution in [1.82, 2.24) is 25.0 Å². The Bertz CT molecular complexity index is 1720. The average Bonchev–Trinajstić information content (AvgIpc) is 3.66. The molecule has 2 N–H and O–H groups in total. The molecule has 0 bridgehead atoms. The van der Waals surface area contributed by atoms with Crippen molar-refractivity contribution in [2.75, 3.05) is 17.2 Å². The number of nitrogens with zero attached hydrogens (tertiary/aromatic N) is 6. The minimum Gasteiger partial charge on any atom is -0.383 e. The Morgan fingerprint density at radius 1 is 1.15 bits per heavy atom. The van der Waals surface area contributed by atoms with Crippen molar-refractivity contribution >= 4 is 44.7 Å². The van der Waals surface area contributed by atoms with Crippen molar-refractivity contribution in [2.24, 2.45) is 5.41 Å². The Morgan fingerprint density at radius 2 is 2.00 bits per heavy atom. The lowest BCUT2D eigenvalue weighted by Gasteiger charge is -2.23. The van der Waals surface area contributed by atoms with E-state index in [-0.39, 0.29) is 11.5 Å². The first-order chi connectivity index (χ1) is 18.8. The minimum absolute atomic E-state index is 0.0175. The summed E-state index contributed by atoms with van der Waals surface area (Å²) < 4.78 is 1.96. The van der Waals surface area contributed by atoms with Crippen LogP contribution in [-0.2, 0) is 0 Å². The third-order valence-electron chi connectivity index (χ3n) is 6.92. The number of benzene rings is 2. The first-order valence-electron chi connectivity index (χ1n) is 13.1. The summed E-state index contributed by atoms with van der Waals surface area (Å²) in [4.78, 5) is 8.81. The quantitative estimate of drug-likeness (QED) is 0.233. The second kappa shape index (κ2) is 9.83. The maximum atomic E-state index is 9.84. The highest BCUT2D eigenvalue weighted by atomic mass is 35.5. The first-order valence-corrected chi connectivity index (χ1v) is 13.5. The number of hydrogen-bond donors (Lipinski definition) is 2. The van der Waals surface area contributed by atoms with Gasteiger partial charge in [0.2, 0.25) is 0 Å². The molecule has 3 heterocycles. The number of rotatable bonds is 7. The average molecular weight is 537 g/mol. The van der Waals surface area contributed by atoms with Gasteiger partial charge in [-0.25, -0.2) is 4.68 Å². The molecule has 6 rings (SSSR count). The molecule has 0 amide bonds. The van der Waals surface area contributed by atoms with Crippen LogP contribution in [0, 0.1) is 16.7 Å². The normalized spacial score (nSPS) is 14.3. The Labute approximate surface area is 232 Å². The molecule has 1 fully saturated rings. The van der Waals surface area contributed by atoms with Crippen LogP contribution >= 0.6 is 11.6 Å². The van der Waals surface area contributed by atoms with Crippen molar-refractivity contribution in [1.29, 1.82) is 5.26 Å². The number of nitriles is 1. The van der Waals surface area contributed by atoms with Gasteiger partial charge in [0, 0.05) is 41.6 Å². The van der Waals surface area contributed by atoms with E-state index < -0.39 is 0 Å². The van der Waals surface area contributed by atoms with E-state index >= 15 is 0 Å². The summed E-state index contributed by atoms with van der Waals surface area (Å²) in [6, 6.07) is 14.5. The monoisotopic (exact) mass is 536 g/mol. The molecular formula is C30H29ClN8. The van der Waals surface area contributed by atoms with Crippen LogP contribution in [-0.4, -0.2) is 31.5 Å². The van der Waals surface area contributed by atoms with Gasteiger partial charge < -0.3 is 10.6 Å². The fourth-order valence-corrected chi connectivity index (χ4v) is 5.06. The van der Waals surface area contributed by atoms with Crippen LogP contribution in [0.4, 0.5) is 11.4 Å². The lowest BCUT2D eigenvalue weighted by Crippen LogP contribution is -2.20. The van der Waals surface area contributed by atoms with E-state index in [4.69, 9.17) is 11.6 Å². The number of hydrogen-bond acceptors (Lipinski definition) is 7. The van der Waals surface area contributed by atoms with Crippen LogP contribution in [0.1, 0.15) is 62.5 Å². The summed E-state index contributed by atoms with van der Waals surface area (Å²) in [6.45, 7) is 7.13. The van der Waals surface area contributed by atoms with Crippen LogP contribution in [0.5, 0.6) is 0 Å². The van der Waals surface area contributed by atoms with Gasteiger partial charge in [-0.3, -0.25) is 9.97 Å². The Hall–Kier alpha value is -4.22. The molecule has 0 radical (unpaired) electrons. The molecule has 1 aliphatic carbocycles. The van der Waals surface area contributed by atoms with Gasteiger partial charge in [0.25, 0.3) is 0 Å². The Balaban J connectivity index is 1.47. The van der Waals surface area contributed by atoms with Crippen LogP contribution in [0.25, 0.3) is 21.7 Å². The predicted octanol–water partition coefficient (Wildman–Crippen LogP) is 6.89. The molecule has 8 nitrogen and oxygen atoms in total. The third kappa shape index (κ3) is 5.10.